The Morgan fingerprint density at radius 3 is 2.74 bits per heavy atom. The molecule has 0 fully saturated rings. The molecule has 1 aromatic heterocycles. The van der Waals surface area contributed by atoms with Gasteiger partial charge in [-0.1, -0.05) is 0 Å². The van der Waals surface area contributed by atoms with Gasteiger partial charge in [0.05, 0.1) is 11.9 Å². The lowest BCUT2D eigenvalue weighted by Gasteiger charge is -2.11. The summed E-state index contributed by atoms with van der Waals surface area (Å²) < 4.78 is 23.0. The number of hydrogen-bond acceptors (Lipinski definition) is 5. The Bertz CT molecular complexity index is 693. The predicted molar refractivity (Wildman–Crippen MR) is 72.9 cm³/mol. The van der Waals surface area contributed by atoms with Crippen molar-refractivity contribution in [3.63, 3.8) is 0 Å². The first-order valence-corrected chi connectivity index (χ1v) is 7.07. The highest BCUT2D eigenvalue weighted by atomic mass is 32.2. The van der Waals surface area contributed by atoms with Gasteiger partial charge in [0.1, 0.15) is 4.90 Å². The average Bonchev–Trinajstić information content (AvgIpc) is 2.72. The molecule has 19 heavy (non-hydrogen) atoms. The summed E-state index contributed by atoms with van der Waals surface area (Å²) in [6.45, 7) is 2.32. The van der Waals surface area contributed by atoms with E-state index in [-0.39, 0.29) is 4.90 Å². The van der Waals surface area contributed by atoms with Crippen LogP contribution in [0.5, 0.6) is 0 Å². The van der Waals surface area contributed by atoms with Gasteiger partial charge >= 0.3 is 0 Å². The van der Waals surface area contributed by atoms with E-state index in [0.29, 0.717) is 17.9 Å². The molecule has 2 rings (SSSR count). The van der Waals surface area contributed by atoms with Crippen LogP contribution in [0.4, 0.5) is 11.4 Å². The first-order valence-electron chi connectivity index (χ1n) is 5.53. The Labute approximate surface area is 111 Å². The molecule has 0 aliphatic rings. The molecule has 0 radical (unpaired) electrons. The van der Waals surface area contributed by atoms with Gasteiger partial charge in [0.15, 0.2) is 0 Å². The lowest BCUT2D eigenvalue weighted by atomic mass is 10.2. The van der Waals surface area contributed by atoms with Crippen LogP contribution in [0, 0.1) is 6.92 Å². The molecule has 2 aromatic rings. The molecule has 0 aliphatic heterocycles. The van der Waals surface area contributed by atoms with Crippen molar-refractivity contribution in [3.8, 4) is 0 Å². The first-order chi connectivity index (χ1) is 8.88. The van der Waals surface area contributed by atoms with E-state index in [4.69, 9.17) is 10.9 Å². The average molecular weight is 281 g/mol. The van der Waals surface area contributed by atoms with Crippen LogP contribution in [0.1, 0.15) is 11.3 Å². The van der Waals surface area contributed by atoms with Crippen LogP contribution in [-0.2, 0) is 16.6 Å². The molecule has 0 bridgehead atoms. The molecule has 0 spiro atoms. The maximum absolute atomic E-state index is 11.5. The third-order valence-electron chi connectivity index (χ3n) is 2.72. The molecule has 0 unspecified atom stereocenters. The van der Waals surface area contributed by atoms with Crippen LogP contribution in [0.2, 0.25) is 0 Å². The van der Waals surface area contributed by atoms with E-state index in [2.05, 4.69) is 15.5 Å². The number of primary sulfonamides is 1. The van der Waals surface area contributed by atoms with Gasteiger partial charge in [0.25, 0.3) is 0 Å². The molecule has 102 valence electrons. The Morgan fingerprint density at radius 2 is 2.16 bits per heavy atom. The molecule has 6 N–H and O–H groups in total. The summed E-state index contributed by atoms with van der Waals surface area (Å²) in [5, 5.41) is 14.9. The van der Waals surface area contributed by atoms with Crippen LogP contribution in [0.25, 0.3) is 0 Å². The van der Waals surface area contributed by atoms with Crippen molar-refractivity contribution < 1.29 is 8.42 Å². The van der Waals surface area contributed by atoms with Crippen molar-refractivity contribution in [2.45, 2.75) is 18.4 Å². The number of rotatable bonds is 4. The third-order valence-corrected chi connectivity index (χ3v) is 3.67. The fourth-order valence-corrected chi connectivity index (χ4v) is 2.41. The SMILES string of the molecule is Cc1[nH]ncc1CNc1ccc(N)cc1S(N)(=O)=O. The highest BCUT2D eigenvalue weighted by Crippen LogP contribution is 2.23. The van der Waals surface area contributed by atoms with Crippen molar-refractivity contribution in [3.05, 3.63) is 35.7 Å². The van der Waals surface area contributed by atoms with Gasteiger partial charge in [0.2, 0.25) is 10.0 Å². The van der Waals surface area contributed by atoms with Crippen molar-refractivity contribution >= 4 is 21.4 Å². The monoisotopic (exact) mass is 281 g/mol. The van der Waals surface area contributed by atoms with Gasteiger partial charge < -0.3 is 11.1 Å². The lowest BCUT2D eigenvalue weighted by molar-refractivity contribution is 0.598. The standard InChI is InChI=1S/C11H15N5O2S/c1-7-8(6-15-16-7)5-14-10-3-2-9(12)4-11(10)19(13,17)18/h2-4,6,14H,5,12H2,1H3,(H,15,16)(H2,13,17,18). The number of aromatic nitrogens is 2. The van der Waals surface area contributed by atoms with Crippen LogP contribution in [0.3, 0.4) is 0 Å². The second kappa shape index (κ2) is 4.90. The molecule has 8 heteroatoms. The molecule has 0 amide bonds. The summed E-state index contributed by atoms with van der Waals surface area (Å²) in [7, 11) is -3.82. The van der Waals surface area contributed by atoms with E-state index in [1.54, 1.807) is 18.3 Å². The van der Waals surface area contributed by atoms with E-state index < -0.39 is 10.0 Å². The molecule has 0 saturated heterocycles. The summed E-state index contributed by atoms with van der Waals surface area (Å²) in [5.41, 5.74) is 8.19. The number of aromatic amines is 1. The number of H-pyrrole nitrogens is 1. The van der Waals surface area contributed by atoms with E-state index in [1.807, 2.05) is 6.92 Å². The summed E-state index contributed by atoms with van der Waals surface area (Å²) in [6.07, 6.45) is 1.68. The van der Waals surface area contributed by atoms with Gasteiger partial charge in [-0.05, 0) is 25.1 Å². The topological polar surface area (TPSA) is 127 Å². The number of nitrogens with zero attached hydrogens (tertiary/aromatic N) is 1. The molecule has 0 aliphatic carbocycles. The van der Waals surface area contributed by atoms with Crippen molar-refractivity contribution in [1.82, 2.24) is 10.2 Å². The van der Waals surface area contributed by atoms with E-state index in [9.17, 15) is 8.42 Å². The second-order valence-corrected chi connectivity index (χ2v) is 5.70. The Morgan fingerprint density at radius 1 is 1.42 bits per heavy atom. The van der Waals surface area contributed by atoms with Crippen molar-refractivity contribution in [2.75, 3.05) is 11.1 Å². The van der Waals surface area contributed by atoms with Crippen LogP contribution >= 0.6 is 0 Å². The van der Waals surface area contributed by atoms with Gasteiger partial charge in [-0.2, -0.15) is 5.10 Å². The number of nitrogens with two attached hydrogens (primary N) is 2. The van der Waals surface area contributed by atoms with E-state index >= 15 is 0 Å². The summed E-state index contributed by atoms with van der Waals surface area (Å²) in [5.74, 6) is 0. The minimum Gasteiger partial charge on any atom is -0.399 e. The molecule has 0 atom stereocenters. The quantitative estimate of drug-likeness (QED) is 0.609. The lowest BCUT2D eigenvalue weighted by Crippen LogP contribution is -2.15. The Hall–Kier alpha value is -2.06. The smallest absolute Gasteiger partial charge is 0.240 e. The molecular formula is C11H15N5O2S. The van der Waals surface area contributed by atoms with E-state index in [0.717, 1.165) is 11.3 Å². The zero-order valence-corrected chi connectivity index (χ0v) is 11.2. The molecular weight excluding hydrogens is 266 g/mol. The van der Waals surface area contributed by atoms with Crippen LogP contribution < -0.4 is 16.2 Å². The van der Waals surface area contributed by atoms with Gasteiger partial charge in [-0.25, -0.2) is 13.6 Å². The molecule has 1 aromatic carbocycles. The fourth-order valence-electron chi connectivity index (χ4n) is 1.66. The highest BCUT2D eigenvalue weighted by Gasteiger charge is 2.14. The van der Waals surface area contributed by atoms with Gasteiger partial charge in [0, 0.05) is 23.5 Å². The number of benzene rings is 1. The van der Waals surface area contributed by atoms with E-state index in [1.165, 1.54) is 6.07 Å². The van der Waals surface area contributed by atoms with Crippen LogP contribution in [-0.4, -0.2) is 18.6 Å². The number of hydrogen-bond donors (Lipinski definition) is 4. The molecule has 0 saturated carbocycles. The van der Waals surface area contributed by atoms with Crippen molar-refractivity contribution in [1.29, 1.82) is 0 Å². The first kappa shape index (κ1) is 13.4. The third kappa shape index (κ3) is 3.04. The molecule has 7 nitrogen and oxygen atoms in total. The zero-order chi connectivity index (χ0) is 14.0. The molecule has 1 heterocycles. The maximum atomic E-state index is 11.5. The number of nitrogens with one attached hydrogen (secondary N) is 2. The summed E-state index contributed by atoms with van der Waals surface area (Å²) in [6, 6.07) is 4.53. The fraction of sp³-hybridized carbons (Fsp3) is 0.182. The number of anilines is 2. The predicted octanol–water partition coefficient (Wildman–Crippen LogP) is 0.560. The second-order valence-electron chi connectivity index (χ2n) is 4.17. The summed E-state index contributed by atoms with van der Waals surface area (Å²) in [4.78, 5) is -0.0198. The zero-order valence-electron chi connectivity index (χ0n) is 10.3. The minimum atomic E-state index is -3.82. The normalized spacial score (nSPS) is 11.5. The largest absolute Gasteiger partial charge is 0.399 e. The number of aryl methyl sites for hydroxylation is 1. The number of nitrogen functional groups attached to an aromatic ring is 1. The Balaban J connectivity index is 2.28. The van der Waals surface area contributed by atoms with Gasteiger partial charge in [-0.15, -0.1) is 0 Å². The Kier molecular flexibility index (Phi) is 3.45. The highest BCUT2D eigenvalue weighted by molar-refractivity contribution is 7.89. The minimum absolute atomic E-state index is 0.0198. The van der Waals surface area contributed by atoms with Crippen molar-refractivity contribution in [2.24, 2.45) is 5.14 Å². The van der Waals surface area contributed by atoms with Gasteiger partial charge in [-0.3, -0.25) is 5.10 Å². The van der Waals surface area contributed by atoms with Crippen LogP contribution in [0.15, 0.2) is 29.3 Å². The number of sulfonamides is 1. The maximum Gasteiger partial charge on any atom is 0.240 e. The summed E-state index contributed by atoms with van der Waals surface area (Å²) >= 11 is 0.